The third kappa shape index (κ3) is 4.47. The molecule has 1 aliphatic carbocycles. The normalized spacial score (nSPS) is 17.4. The average molecular weight is 289 g/mol. The van der Waals surface area contributed by atoms with Crippen molar-refractivity contribution in [3.05, 3.63) is 35.1 Å². The molecule has 1 nitrogen and oxygen atoms in total. The van der Waals surface area contributed by atoms with Crippen molar-refractivity contribution < 1.29 is 17.6 Å². The van der Waals surface area contributed by atoms with E-state index in [1.165, 1.54) is 32.1 Å². The lowest BCUT2D eigenvalue weighted by molar-refractivity contribution is -0.137. The zero-order chi connectivity index (χ0) is 14.6. The minimum absolute atomic E-state index is 0.275. The molecular weight excluding hydrogens is 270 g/mol. The molecule has 0 bridgehead atoms. The van der Waals surface area contributed by atoms with E-state index in [4.69, 9.17) is 0 Å². The molecule has 0 unspecified atom stereocenters. The van der Waals surface area contributed by atoms with Crippen LogP contribution in [0, 0.1) is 11.7 Å². The van der Waals surface area contributed by atoms with Crippen LogP contribution in [0.5, 0.6) is 0 Å². The third-order valence-electron chi connectivity index (χ3n) is 3.77. The van der Waals surface area contributed by atoms with Gasteiger partial charge in [-0.3, -0.25) is 0 Å². The lowest BCUT2D eigenvalue weighted by Crippen LogP contribution is -2.24. The zero-order valence-electron chi connectivity index (χ0n) is 11.3. The fraction of sp³-hybridized carbons (Fsp3) is 0.600. The Morgan fingerprint density at radius 1 is 1.05 bits per heavy atom. The minimum atomic E-state index is -4.50. The van der Waals surface area contributed by atoms with Gasteiger partial charge >= 0.3 is 6.18 Å². The summed E-state index contributed by atoms with van der Waals surface area (Å²) in [5.74, 6) is -0.242. The third-order valence-corrected chi connectivity index (χ3v) is 3.77. The van der Waals surface area contributed by atoms with Crippen LogP contribution in [0.4, 0.5) is 17.6 Å². The molecule has 1 saturated carbocycles. The van der Waals surface area contributed by atoms with Crippen LogP contribution < -0.4 is 5.32 Å². The molecule has 0 radical (unpaired) electrons. The number of alkyl halides is 3. The Morgan fingerprint density at radius 2 is 1.75 bits per heavy atom. The van der Waals surface area contributed by atoms with Gasteiger partial charge in [0.1, 0.15) is 5.82 Å². The van der Waals surface area contributed by atoms with Crippen LogP contribution in [-0.4, -0.2) is 6.54 Å². The highest BCUT2D eigenvalue weighted by atomic mass is 19.4. The summed E-state index contributed by atoms with van der Waals surface area (Å²) in [6.07, 6.45) is 1.57. The number of halogens is 4. The molecule has 1 N–H and O–H groups in total. The van der Waals surface area contributed by atoms with E-state index in [1.807, 2.05) is 0 Å². The quantitative estimate of drug-likeness (QED) is 0.804. The topological polar surface area (TPSA) is 12.0 Å². The molecule has 1 aliphatic rings. The molecule has 0 aliphatic heterocycles. The summed E-state index contributed by atoms with van der Waals surface area (Å²) >= 11 is 0. The summed E-state index contributed by atoms with van der Waals surface area (Å²) in [4.78, 5) is 0. The lowest BCUT2D eigenvalue weighted by Gasteiger charge is -2.21. The summed E-state index contributed by atoms with van der Waals surface area (Å²) in [6.45, 7) is 1.06. The molecule has 112 valence electrons. The molecule has 1 aromatic carbocycles. The molecule has 0 saturated heterocycles. The molecule has 1 aromatic rings. The Bertz CT molecular complexity index is 436. The molecular formula is C15H19F4N. The summed E-state index contributed by atoms with van der Waals surface area (Å²) in [5.41, 5.74) is -0.583. The van der Waals surface area contributed by atoms with Crippen LogP contribution in [0.15, 0.2) is 18.2 Å². The summed E-state index contributed by atoms with van der Waals surface area (Å²) in [5, 5.41) is 3.14. The van der Waals surface area contributed by atoms with E-state index in [0.29, 0.717) is 17.5 Å². The second-order valence-electron chi connectivity index (χ2n) is 5.48. The van der Waals surface area contributed by atoms with Crippen LogP contribution in [-0.2, 0) is 12.7 Å². The highest BCUT2D eigenvalue weighted by Crippen LogP contribution is 2.30. The van der Waals surface area contributed by atoms with Gasteiger partial charge in [0, 0.05) is 6.54 Å². The van der Waals surface area contributed by atoms with Gasteiger partial charge in [-0.05, 0) is 49.1 Å². The first kappa shape index (κ1) is 15.3. The first-order valence-electron chi connectivity index (χ1n) is 7.02. The van der Waals surface area contributed by atoms with Gasteiger partial charge in [0.15, 0.2) is 0 Å². The highest BCUT2D eigenvalue weighted by molar-refractivity contribution is 5.26. The predicted octanol–water partition coefficient (Wildman–Crippen LogP) is 4.51. The van der Waals surface area contributed by atoms with Gasteiger partial charge in [-0.2, -0.15) is 13.2 Å². The molecule has 0 spiro atoms. The Kier molecular flexibility index (Phi) is 5.02. The first-order chi connectivity index (χ1) is 9.45. The van der Waals surface area contributed by atoms with Gasteiger partial charge in [-0.15, -0.1) is 0 Å². The standard InChI is InChI=1S/C15H19F4N/c16-14-7-12(6-13(8-14)15(17,18)19)10-20-9-11-4-2-1-3-5-11/h6-8,11,20H,1-5,9-10H2. The summed E-state index contributed by atoms with van der Waals surface area (Å²) < 4.78 is 50.9. The van der Waals surface area contributed by atoms with Gasteiger partial charge in [-0.25, -0.2) is 4.39 Å². The predicted molar refractivity (Wildman–Crippen MR) is 69.7 cm³/mol. The maximum Gasteiger partial charge on any atom is 0.416 e. The van der Waals surface area contributed by atoms with Gasteiger partial charge in [0.2, 0.25) is 0 Å². The van der Waals surface area contributed by atoms with E-state index in [-0.39, 0.29) is 6.54 Å². The highest BCUT2D eigenvalue weighted by Gasteiger charge is 2.31. The van der Waals surface area contributed by atoms with E-state index in [2.05, 4.69) is 5.32 Å². The van der Waals surface area contributed by atoms with Crippen LogP contribution in [0.3, 0.4) is 0 Å². The summed E-state index contributed by atoms with van der Waals surface area (Å²) in [6, 6.07) is 2.70. The van der Waals surface area contributed by atoms with Crippen molar-refractivity contribution in [1.29, 1.82) is 0 Å². The van der Waals surface area contributed by atoms with Gasteiger partial charge < -0.3 is 5.32 Å². The van der Waals surface area contributed by atoms with Crippen molar-refractivity contribution >= 4 is 0 Å². The van der Waals surface area contributed by atoms with E-state index in [9.17, 15) is 17.6 Å². The number of benzene rings is 1. The number of hydrogen-bond donors (Lipinski definition) is 1. The molecule has 0 aromatic heterocycles. The van der Waals surface area contributed by atoms with Crippen molar-refractivity contribution in [2.24, 2.45) is 5.92 Å². The molecule has 0 amide bonds. The second kappa shape index (κ2) is 6.57. The number of rotatable bonds is 4. The van der Waals surface area contributed by atoms with Crippen LogP contribution in [0.1, 0.15) is 43.2 Å². The molecule has 5 heteroatoms. The van der Waals surface area contributed by atoms with Crippen molar-refractivity contribution in [1.82, 2.24) is 5.32 Å². The number of hydrogen-bond acceptors (Lipinski definition) is 1. The van der Waals surface area contributed by atoms with Gasteiger partial charge in [0.05, 0.1) is 5.56 Å². The van der Waals surface area contributed by atoms with Gasteiger partial charge in [-0.1, -0.05) is 19.3 Å². The first-order valence-corrected chi connectivity index (χ1v) is 7.02. The molecule has 20 heavy (non-hydrogen) atoms. The maximum atomic E-state index is 13.2. The van der Waals surface area contributed by atoms with Crippen LogP contribution in [0.2, 0.25) is 0 Å². The molecule has 0 heterocycles. The smallest absolute Gasteiger partial charge is 0.312 e. The van der Waals surface area contributed by atoms with Gasteiger partial charge in [0.25, 0.3) is 0 Å². The van der Waals surface area contributed by atoms with E-state index < -0.39 is 17.6 Å². The lowest BCUT2D eigenvalue weighted by atomic mass is 9.89. The van der Waals surface area contributed by atoms with Crippen molar-refractivity contribution in [3.8, 4) is 0 Å². The average Bonchev–Trinajstić information content (AvgIpc) is 2.38. The van der Waals surface area contributed by atoms with Crippen molar-refractivity contribution in [3.63, 3.8) is 0 Å². The van der Waals surface area contributed by atoms with Crippen LogP contribution >= 0.6 is 0 Å². The fourth-order valence-corrected chi connectivity index (χ4v) is 2.73. The zero-order valence-corrected chi connectivity index (χ0v) is 11.3. The Morgan fingerprint density at radius 3 is 2.40 bits per heavy atom. The van der Waals surface area contributed by atoms with Crippen molar-refractivity contribution in [2.45, 2.75) is 44.8 Å². The Balaban J connectivity index is 1.90. The molecule has 1 fully saturated rings. The molecule has 0 atom stereocenters. The summed E-state index contributed by atoms with van der Waals surface area (Å²) in [7, 11) is 0. The van der Waals surface area contributed by atoms with Crippen LogP contribution in [0.25, 0.3) is 0 Å². The molecule has 2 rings (SSSR count). The number of nitrogens with one attached hydrogen (secondary N) is 1. The van der Waals surface area contributed by atoms with E-state index >= 15 is 0 Å². The largest absolute Gasteiger partial charge is 0.416 e. The monoisotopic (exact) mass is 289 g/mol. The van der Waals surface area contributed by atoms with Crippen molar-refractivity contribution in [2.75, 3.05) is 6.54 Å². The Labute approximate surface area is 116 Å². The SMILES string of the molecule is Fc1cc(CNCC2CCCCC2)cc(C(F)(F)F)c1. The van der Waals surface area contributed by atoms with E-state index in [0.717, 1.165) is 18.7 Å². The maximum absolute atomic E-state index is 13.2. The minimum Gasteiger partial charge on any atom is -0.312 e. The second-order valence-corrected chi connectivity index (χ2v) is 5.48. The van der Waals surface area contributed by atoms with E-state index in [1.54, 1.807) is 0 Å². The Hall–Kier alpha value is -1.10. The fourth-order valence-electron chi connectivity index (χ4n) is 2.73.